The average Bonchev–Trinajstić information content (AvgIpc) is 2.63. The van der Waals surface area contributed by atoms with E-state index in [1.807, 2.05) is 0 Å². The summed E-state index contributed by atoms with van der Waals surface area (Å²) in [5.41, 5.74) is 5.21. The van der Waals surface area contributed by atoms with E-state index in [2.05, 4.69) is 11.7 Å². The molecular formula is C8H14N2O2S2. The topological polar surface area (TPSA) is 63.4 Å². The number of primary amides is 1. The van der Waals surface area contributed by atoms with Crippen LogP contribution >= 0.6 is 22.5 Å². The van der Waals surface area contributed by atoms with Gasteiger partial charge in [0, 0.05) is 6.54 Å². The average molecular weight is 234 g/mol. The van der Waals surface area contributed by atoms with Crippen molar-refractivity contribution in [2.45, 2.75) is 31.1 Å². The number of hydrogen-bond acceptors (Lipinski definition) is 4. The van der Waals surface area contributed by atoms with Crippen LogP contribution in [0.2, 0.25) is 0 Å². The van der Waals surface area contributed by atoms with Crippen LogP contribution in [0.3, 0.4) is 0 Å². The Labute approximate surface area is 92.4 Å². The number of hydrogen-bond donors (Lipinski definition) is 2. The molecule has 0 spiro atoms. The first-order chi connectivity index (χ1) is 6.57. The molecular weight excluding hydrogens is 220 g/mol. The molecule has 0 aromatic rings. The van der Waals surface area contributed by atoms with Gasteiger partial charge >= 0.3 is 0 Å². The Morgan fingerprint density at radius 1 is 1.64 bits per heavy atom. The molecule has 0 aromatic heterocycles. The van der Waals surface area contributed by atoms with E-state index in [-0.39, 0.29) is 11.2 Å². The maximum atomic E-state index is 11.7. The fourth-order valence-corrected chi connectivity index (χ4v) is 2.10. The lowest BCUT2D eigenvalue weighted by molar-refractivity contribution is -0.136. The predicted molar refractivity (Wildman–Crippen MR) is 60.0 cm³/mol. The second-order valence-electron chi connectivity index (χ2n) is 3.34. The molecule has 4 nitrogen and oxygen atoms in total. The standard InChI is InChI=1S/C8H14N2O2S2/c1-5(14-13)8(12)10-4-2-3-6(10)7(9)11/h5-6,13H,2-4H2,1H3,(H2,9,11)/t5?,6-/m0/s1. The summed E-state index contributed by atoms with van der Waals surface area (Å²) in [5, 5.41) is -0.224. The molecule has 1 rings (SSSR count). The number of nitrogens with zero attached hydrogens (tertiary/aromatic N) is 1. The van der Waals surface area contributed by atoms with Crippen LogP contribution in [0.1, 0.15) is 19.8 Å². The van der Waals surface area contributed by atoms with Crippen molar-refractivity contribution in [1.29, 1.82) is 0 Å². The number of thiol groups is 1. The van der Waals surface area contributed by atoms with Gasteiger partial charge < -0.3 is 10.6 Å². The van der Waals surface area contributed by atoms with Crippen LogP contribution in [0.15, 0.2) is 0 Å². The monoisotopic (exact) mass is 234 g/mol. The maximum absolute atomic E-state index is 11.7. The number of rotatable bonds is 3. The molecule has 2 amide bonds. The van der Waals surface area contributed by atoms with E-state index < -0.39 is 11.9 Å². The van der Waals surface area contributed by atoms with E-state index in [4.69, 9.17) is 5.73 Å². The number of carbonyl (C=O) groups is 2. The van der Waals surface area contributed by atoms with Crippen molar-refractivity contribution in [2.24, 2.45) is 5.73 Å². The zero-order valence-electron chi connectivity index (χ0n) is 7.97. The summed E-state index contributed by atoms with van der Waals surface area (Å²) in [7, 11) is 1.18. The molecule has 1 unspecified atom stereocenters. The fourth-order valence-electron chi connectivity index (χ4n) is 1.60. The SMILES string of the molecule is CC(SS)C(=O)N1CCC[C@H]1C(N)=O. The summed E-state index contributed by atoms with van der Waals surface area (Å²) in [6.07, 6.45) is 1.54. The Morgan fingerprint density at radius 3 is 2.79 bits per heavy atom. The molecule has 1 aliphatic heterocycles. The summed E-state index contributed by atoms with van der Waals surface area (Å²) in [4.78, 5) is 24.3. The third-order valence-electron chi connectivity index (χ3n) is 2.37. The third kappa shape index (κ3) is 2.36. The highest BCUT2D eigenvalue weighted by Crippen LogP contribution is 2.23. The van der Waals surface area contributed by atoms with Gasteiger partial charge in [0.05, 0.1) is 5.25 Å². The predicted octanol–water partition coefficient (Wildman–Crippen LogP) is 0.429. The molecule has 0 saturated carbocycles. The van der Waals surface area contributed by atoms with Gasteiger partial charge in [-0.3, -0.25) is 9.59 Å². The first-order valence-corrected chi connectivity index (χ1v) is 6.41. The number of amides is 2. The van der Waals surface area contributed by atoms with E-state index in [0.29, 0.717) is 13.0 Å². The summed E-state index contributed by atoms with van der Waals surface area (Å²) in [6, 6.07) is -0.412. The van der Waals surface area contributed by atoms with Gasteiger partial charge in [-0.1, -0.05) is 10.8 Å². The van der Waals surface area contributed by atoms with E-state index >= 15 is 0 Å². The molecule has 2 atom stereocenters. The molecule has 14 heavy (non-hydrogen) atoms. The molecule has 0 aromatic carbocycles. The molecule has 1 aliphatic rings. The van der Waals surface area contributed by atoms with Gasteiger partial charge in [-0.05, 0) is 19.8 Å². The van der Waals surface area contributed by atoms with Crippen molar-refractivity contribution in [2.75, 3.05) is 6.54 Å². The summed E-state index contributed by atoms with van der Waals surface area (Å²) in [6.45, 7) is 2.40. The van der Waals surface area contributed by atoms with Crippen molar-refractivity contribution >= 4 is 34.3 Å². The van der Waals surface area contributed by atoms with E-state index in [1.165, 1.54) is 10.8 Å². The lowest BCUT2D eigenvalue weighted by atomic mass is 10.2. The van der Waals surface area contributed by atoms with Gasteiger partial charge in [-0.25, -0.2) is 0 Å². The van der Waals surface area contributed by atoms with Crippen molar-refractivity contribution in [3.8, 4) is 0 Å². The van der Waals surface area contributed by atoms with Gasteiger partial charge in [-0.15, -0.1) is 11.7 Å². The first kappa shape index (κ1) is 11.7. The van der Waals surface area contributed by atoms with Crippen molar-refractivity contribution in [3.05, 3.63) is 0 Å². The molecule has 1 fully saturated rings. The molecule has 0 bridgehead atoms. The van der Waals surface area contributed by atoms with Crippen molar-refractivity contribution < 1.29 is 9.59 Å². The highest BCUT2D eigenvalue weighted by atomic mass is 33.1. The van der Waals surface area contributed by atoms with Gasteiger partial charge in [0.15, 0.2) is 0 Å². The van der Waals surface area contributed by atoms with Crippen LogP contribution in [0.4, 0.5) is 0 Å². The number of nitrogens with two attached hydrogens (primary N) is 1. The maximum Gasteiger partial charge on any atom is 0.240 e. The second-order valence-corrected chi connectivity index (χ2v) is 4.89. The minimum atomic E-state index is -0.412. The molecule has 1 heterocycles. The zero-order chi connectivity index (χ0) is 10.7. The van der Waals surface area contributed by atoms with Crippen LogP contribution in [0.25, 0.3) is 0 Å². The van der Waals surface area contributed by atoms with Crippen LogP contribution < -0.4 is 5.73 Å². The first-order valence-electron chi connectivity index (χ1n) is 4.48. The smallest absolute Gasteiger partial charge is 0.240 e. The molecule has 0 radical (unpaired) electrons. The van der Waals surface area contributed by atoms with E-state index in [0.717, 1.165) is 6.42 Å². The number of carbonyl (C=O) groups excluding carboxylic acids is 2. The third-order valence-corrected chi connectivity index (χ3v) is 3.84. The molecule has 6 heteroatoms. The Balaban J connectivity index is 2.67. The second kappa shape index (κ2) is 4.93. The highest BCUT2D eigenvalue weighted by Gasteiger charge is 2.34. The van der Waals surface area contributed by atoms with E-state index in [1.54, 1.807) is 11.8 Å². The quantitative estimate of drug-likeness (QED) is 0.550. The lowest BCUT2D eigenvalue weighted by Crippen LogP contribution is -2.46. The summed E-state index contributed by atoms with van der Waals surface area (Å²) in [5.74, 6) is -0.460. The molecule has 0 aliphatic carbocycles. The summed E-state index contributed by atoms with van der Waals surface area (Å²) < 4.78 is 0. The molecule has 1 saturated heterocycles. The van der Waals surface area contributed by atoms with Gasteiger partial charge in [0.25, 0.3) is 0 Å². The molecule has 80 valence electrons. The summed E-state index contributed by atoms with van der Waals surface area (Å²) >= 11 is 3.98. The van der Waals surface area contributed by atoms with Crippen LogP contribution in [-0.2, 0) is 9.59 Å². The largest absolute Gasteiger partial charge is 0.368 e. The zero-order valence-corrected chi connectivity index (χ0v) is 9.68. The minimum Gasteiger partial charge on any atom is -0.368 e. The van der Waals surface area contributed by atoms with Gasteiger partial charge in [-0.2, -0.15) is 0 Å². The van der Waals surface area contributed by atoms with Crippen molar-refractivity contribution in [3.63, 3.8) is 0 Å². The Kier molecular flexibility index (Phi) is 4.12. The Bertz CT molecular complexity index is 247. The van der Waals surface area contributed by atoms with Crippen molar-refractivity contribution in [1.82, 2.24) is 4.90 Å². The van der Waals surface area contributed by atoms with Crippen LogP contribution in [-0.4, -0.2) is 34.6 Å². The minimum absolute atomic E-state index is 0.0497. The van der Waals surface area contributed by atoms with Crippen LogP contribution in [0, 0.1) is 0 Å². The van der Waals surface area contributed by atoms with Gasteiger partial charge in [0.1, 0.15) is 6.04 Å². The Morgan fingerprint density at radius 2 is 2.29 bits per heavy atom. The van der Waals surface area contributed by atoms with Crippen LogP contribution in [0.5, 0.6) is 0 Å². The highest BCUT2D eigenvalue weighted by molar-refractivity contribution is 8.69. The molecule has 2 N–H and O–H groups in total. The van der Waals surface area contributed by atoms with Gasteiger partial charge in [0.2, 0.25) is 11.8 Å². The number of likely N-dealkylation sites (tertiary alicyclic amines) is 1. The fraction of sp³-hybridized carbons (Fsp3) is 0.750. The normalized spacial score (nSPS) is 23.6. The van der Waals surface area contributed by atoms with E-state index in [9.17, 15) is 9.59 Å². The Hall–Kier alpha value is -0.360. The lowest BCUT2D eigenvalue weighted by Gasteiger charge is -2.24.